The SMILES string of the molecule is CNCc1ccc(N2CC(=O)NC(=O)C2)nc1. The molecule has 1 fully saturated rings. The average Bonchev–Trinajstić information content (AvgIpc) is 2.29. The van der Waals surface area contributed by atoms with Crippen LogP contribution < -0.4 is 15.5 Å². The highest BCUT2D eigenvalue weighted by Crippen LogP contribution is 2.12. The van der Waals surface area contributed by atoms with Gasteiger partial charge in [-0.3, -0.25) is 14.9 Å². The Morgan fingerprint density at radius 2 is 2.06 bits per heavy atom. The van der Waals surface area contributed by atoms with E-state index in [9.17, 15) is 9.59 Å². The minimum absolute atomic E-state index is 0.171. The number of pyridine rings is 1. The van der Waals surface area contributed by atoms with Gasteiger partial charge in [0.25, 0.3) is 0 Å². The van der Waals surface area contributed by atoms with E-state index in [1.54, 1.807) is 11.1 Å². The van der Waals surface area contributed by atoms with E-state index >= 15 is 0 Å². The molecule has 1 saturated heterocycles. The van der Waals surface area contributed by atoms with Gasteiger partial charge in [-0.15, -0.1) is 0 Å². The van der Waals surface area contributed by atoms with Crippen molar-refractivity contribution >= 4 is 17.6 Å². The third-order valence-electron chi connectivity index (χ3n) is 2.46. The summed E-state index contributed by atoms with van der Waals surface area (Å²) in [5, 5.41) is 5.28. The van der Waals surface area contributed by atoms with Gasteiger partial charge in [-0.2, -0.15) is 0 Å². The fourth-order valence-corrected chi connectivity index (χ4v) is 1.71. The summed E-state index contributed by atoms with van der Waals surface area (Å²) in [5.41, 5.74) is 1.06. The number of imide groups is 1. The number of anilines is 1. The highest BCUT2D eigenvalue weighted by atomic mass is 16.2. The molecule has 0 aromatic carbocycles. The smallest absolute Gasteiger partial charge is 0.246 e. The number of rotatable bonds is 3. The number of carbonyl (C=O) groups is 2. The molecule has 1 aromatic heterocycles. The van der Waals surface area contributed by atoms with Crippen molar-refractivity contribution in [1.29, 1.82) is 0 Å². The van der Waals surface area contributed by atoms with E-state index in [1.807, 2.05) is 19.2 Å². The van der Waals surface area contributed by atoms with Gasteiger partial charge >= 0.3 is 0 Å². The Hall–Kier alpha value is -1.95. The number of aromatic nitrogens is 1. The fourth-order valence-electron chi connectivity index (χ4n) is 1.71. The monoisotopic (exact) mass is 234 g/mol. The molecule has 2 N–H and O–H groups in total. The Morgan fingerprint density at radius 1 is 1.35 bits per heavy atom. The second-order valence-corrected chi connectivity index (χ2v) is 3.88. The van der Waals surface area contributed by atoms with Gasteiger partial charge in [-0.05, 0) is 18.7 Å². The second-order valence-electron chi connectivity index (χ2n) is 3.88. The number of carbonyl (C=O) groups excluding carboxylic acids is 2. The van der Waals surface area contributed by atoms with Crippen molar-refractivity contribution < 1.29 is 9.59 Å². The first-order chi connectivity index (χ1) is 8.19. The van der Waals surface area contributed by atoms with Crippen LogP contribution in [0.2, 0.25) is 0 Å². The van der Waals surface area contributed by atoms with Crippen LogP contribution in [-0.4, -0.2) is 36.9 Å². The van der Waals surface area contributed by atoms with E-state index in [0.29, 0.717) is 5.82 Å². The lowest BCUT2D eigenvalue weighted by Crippen LogP contribution is -2.51. The molecule has 0 spiro atoms. The molecular formula is C11H14N4O2. The lowest BCUT2D eigenvalue weighted by Gasteiger charge is -2.26. The summed E-state index contributed by atoms with van der Waals surface area (Å²) in [4.78, 5) is 28.3. The maximum Gasteiger partial charge on any atom is 0.246 e. The number of amides is 2. The molecule has 6 nitrogen and oxygen atoms in total. The molecule has 1 aromatic rings. The van der Waals surface area contributed by atoms with Crippen molar-refractivity contribution in [2.24, 2.45) is 0 Å². The second kappa shape index (κ2) is 4.92. The zero-order chi connectivity index (χ0) is 12.3. The predicted octanol–water partition coefficient (Wildman–Crippen LogP) is -0.736. The first kappa shape index (κ1) is 11.5. The van der Waals surface area contributed by atoms with Crippen molar-refractivity contribution in [2.75, 3.05) is 25.0 Å². The Labute approximate surface area is 99.0 Å². The lowest BCUT2D eigenvalue weighted by molar-refractivity contribution is -0.130. The summed E-state index contributed by atoms with van der Waals surface area (Å²) < 4.78 is 0. The minimum atomic E-state index is -0.289. The number of hydrogen-bond donors (Lipinski definition) is 2. The van der Waals surface area contributed by atoms with E-state index in [-0.39, 0.29) is 24.9 Å². The molecule has 17 heavy (non-hydrogen) atoms. The zero-order valence-electron chi connectivity index (χ0n) is 9.56. The third-order valence-corrected chi connectivity index (χ3v) is 2.46. The number of nitrogens with one attached hydrogen (secondary N) is 2. The van der Waals surface area contributed by atoms with E-state index < -0.39 is 0 Å². The van der Waals surface area contributed by atoms with Crippen LogP contribution in [0.1, 0.15) is 5.56 Å². The van der Waals surface area contributed by atoms with Gasteiger partial charge in [-0.25, -0.2) is 4.98 Å². The summed E-state index contributed by atoms with van der Waals surface area (Å²) in [5.74, 6) is 0.0674. The van der Waals surface area contributed by atoms with E-state index in [1.165, 1.54) is 0 Å². The van der Waals surface area contributed by atoms with Gasteiger partial charge in [0.15, 0.2) is 0 Å². The molecule has 0 radical (unpaired) electrons. The van der Waals surface area contributed by atoms with Crippen LogP contribution in [0.25, 0.3) is 0 Å². The van der Waals surface area contributed by atoms with Crippen molar-refractivity contribution in [2.45, 2.75) is 6.54 Å². The van der Waals surface area contributed by atoms with Gasteiger partial charge in [0, 0.05) is 12.7 Å². The van der Waals surface area contributed by atoms with Crippen LogP contribution in [0.5, 0.6) is 0 Å². The Kier molecular flexibility index (Phi) is 3.34. The number of hydrogen-bond acceptors (Lipinski definition) is 5. The van der Waals surface area contributed by atoms with Gasteiger partial charge < -0.3 is 10.2 Å². The topological polar surface area (TPSA) is 74.3 Å². The molecular weight excluding hydrogens is 220 g/mol. The highest BCUT2D eigenvalue weighted by molar-refractivity contribution is 6.02. The van der Waals surface area contributed by atoms with Crippen LogP contribution in [0.3, 0.4) is 0 Å². The van der Waals surface area contributed by atoms with Gasteiger partial charge in [0.2, 0.25) is 11.8 Å². The molecule has 1 aliphatic heterocycles. The van der Waals surface area contributed by atoms with Crippen molar-refractivity contribution in [3.05, 3.63) is 23.9 Å². The third kappa shape index (κ3) is 2.79. The fraction of sp³-hybridized carbons (Fsp3) is 0.364. The number of piperazine rings is 1. The van der Waals surface area contributed by atoms with Crippen molar-refractivity contribution in [3.63, 3.8) is 0 Å². The Bertz CT molecular complexity index is 414. The summed E-state index contributed by atoms with van der Waals surface area (Å²) >= 11 is 0. The molecule has 0 aliphatic carbocycles. The predicted molar refractivity (Wildman–Crippen MR) is 62.4 cm³/mol. The van der Waals surface area contributed by atoms with E-state index in [2.05, 4.69) is 15.6 Å². The normalized spacial score (nSPS) is 15.9. The molecule has 2 heterocycles. The lowest BCUT2D eigenvalue weighted by atomic mass is 10.2. The molecule has 0 bridgehead atoms. The van der Waals surface area contributed by atoms with E-state index in [0.717, 1.165) is 12.1 Å². The molecule has 1 aliphatic rings. The standard InChI is InChI=1S/C11H14N4O2/c1-12-4-8-2-3-9(13-5-8)15-6-10(16)14-11(17)7-15/h2-3,5,12H,4,6-7H2,1H3,(H,14,16,17). The molecule has 2 amide bonds. The quantitative estimate of drug-likeness (QED) is 0.674. The molecule has 90 valence electrons. The maximum atomic E-state index is 11.2. The first-order valence-electron chi connectivity index (χ1n) is 5.36. The van der Waals surface area contributed by atoms with E-state index in [4.69, 9.17) is 0 Å². The maximum absolute atomic E-state index is 11.2. The van der Waals surface area contributed by atoms with Crippen molar-refractivity contribution in [3.8, 4) is 0 Å². The summed E-state index contributed by atoms with van der Waals surface area (Å²) in [7, 11) is 1.86. The number of nitrogens with zero attached hydrogens (tertiary/aromatic N) is 2. The van der Waals surface area contributed by atoms with Crippen LogP contribution >= 0.6 is 0 Å². The largest absolute Gasteiger partial charge is 0.338 e. The highest BCUT2D eigenvalue weighted by Gasteiger charge is 2.23. The van der Waals surface area contributed by atoms with Gasteiger partial charge in [-0.1, -0.05) is 6.07 Å². The van der Waals surface area contributed by atoms with Crippen LogP contribution in [-0.2, 0) is 16.1 Å². The molecule has 0 saturated carbocycles. The summed E-state index contributed by atoms with van der Waals surface area (Å²) in [6.45, 7) is 1.08. The van der Waals surface area contributed by atoms with Crippen LogP contribution in [0.4, 0.5) is 5.82 Å². The average molecular weight is 234 g/mol. The molecule has 0 atom stereocenters. The van der Waals surface area contributed by atoms with Gasteiger partial charge in [0.1, 0.15) is 5.82 Å². The van der Waals surface area contributed by atoms with Gasteiger partial charge in [0.05, 0.1) is 13.1 Å². The summed E-state index contributed by atoms with van der Waals surface area (Å²) in [6.07, 6.45) is 1.74. The zero-order valence-corrected chi connectivity index (χ0v) is 9.56. The first-order valence-corrected chi connectivity index (χ1v) is 5.36. The van der Waals surface area contributed by atoms with Crippen LogP contribution in [0, 0.1) is 0 Å². The molecule has 0 unspecified atom stereocenters. The summed E-state index contributed by atoms with van der Waals surface area (Å²) in [6, 6.07) is 3.74. The Balaban J connectivity index is 2.11. The minimum Gasteiger partial charge on any atom is -0.338 e. The molecule has 2 rings (SSSR count). The Morgan fingerprint density at radius 3 is 2.59 bits per heavy atom. The molecule has 6 heteroatoms. The van der Waals surface area contributed by atoms with Crippen molar-refractivity contribution in [1.82, 2.24) is 15.6 Å². The van der Waals surface area contributed by atoms with Crippen LogP contribution in [0.15, 0.2) is 18.3 Å².